The van der Waals surface area contributed by atoms with Gasteiger partial charge in [-0.05, 0) is 50.3 Å². The van der Waals surface area contributed by atoms with Gasteiger partial charge >= 0.3 is 21.8 Å². The van der Waals surface area contributed by atoms with Gasteiger partial charge in [0.05, 0.1) is 22.2 Å². The lowest BCUT2D eigenvalue weighted by Crippen LogP contribution is -2.43. The van der Waals surface area contributed by atoms with E-state index in [2.05, 4.69) is 9.50 Å². The Hall–Kier alpha value is -2.51. The molecule has 0 aromatic heterocycles. The second-order valence-electron chi connectivity index (χ2n) is 7.61. The maximum Gasteiger partial charge on any atom is 0.534 e. The predicted octanol–water partition coefficient (Wildman–Crippen LogP) is 5.40. The fourth-order valence-corrected chi connectivity index (χ4v) is 4.15. The van der Waals surface area contributed by atoms with E-state index in [1.54, 1.807) is 25.9 Å². The normalized spacial score (nSPS) is 14.5. The van der Waals surface area contributed by atoms with Gasteiger partial charge in [-0.15, -0.1) is 0 Å². The first kappa shape index (κ1) is 28.7. The van der Waals surface area contributed by atoms with E-state index in [1.165, 1.54) is 12.1 Å². The van der Waals surface area contributed by atoms with E-state index < -0.39 is 61.7 Å². The van der Waals surface area contributed by atoms with Crippen molar-refractivity contribution in [2.75, 3.05) is 14.1 Å². The molecule has 0 aliphatic rings. The molecule has 0 saturated carbocycles. The van der Waals surface area contributed by atoms with E-state index in [0.717, 1.165) is 24.3 Å². The smallest absolute Gasteiger partial charge is 0.376 e. The number of halogens is 7. The second-order valence-corrected chi connectivity index (χ2v) is 9.53. The molecule has 0 bridgehead atoms. The Morgan fingerprint density at radius 1 is 1.09 bits per heavy atom. The SMILES string of the molecule is CC[C@@H]([C@@H](NC(=O)c1cccc(C(F)(F)F)c1Cl)c1cccc(OS(=O)(=O)C(F)(F)F)c1)N(C)C. The molecule has 2 atom stereocenters. The van der Waals surface area contributed by atoms with Crippen LogP contribution in [-0.4, -0.2) is 44.9 Å². The Kier molecular flexibility index (Phi) is 8.72. The quantitative estimate of drug-likeness (QED) is 0.273. The van der Waals surface area contributed by atoms with Crippen LogP contribution in [0.5, 0.6) is 5.75 Å². The third-order valence-electron chi connectivity index (χ3n) is 5.01. The lowest BCUT2D eigenvalue weighted by Gasteiger charge is -2.33. The molecule has 1 N–H and O–H groups in total. The highest BCUT2D eigenvalue weighted by Gasteiger charge is 2.48. The molecule has 0 aliphatic carbocycles. The number of carbonyl (C=O) groups is 1. The fraction of sp³-hybridized carbons (Fsp3) is 0.381. The van der Waals surface area contributed by atoms with E-state index in [0.29, 0.717) is 12.5 Å². The minimum Gasteiger partial charge on any atom is -0.376 e. The Bertz CT molecular complexity index is 1170. The predicted molar refractivity (Wildman–Crippen MR) is 116 cm³/mol. The van der Waals surface area contributed by atoms with Crippen LogP contribution in [0.15, 0.2) is 42.5 Å². The third-order valence-corrected chi connectivity index (χ3v) is 6.39. The fourth-order valence-electron chi connectivity index (χ4n) is 3.38. The number of likely N-dealkylation sites (N-methyl/N-ethyl adjacent to an activating group) is 1. The molecule has 0 spiro atoms. The van der Waals surface area contributed by atoms with Crippen LogP contribution < -0.4 is 9.50 Å². The number of carbonyl (C=O) groups excluding carboxylic acids is 1. The lowest BCUT2D eigenvalue weighted by molar-refractivity contribution is -0.137. The molecule has 0 fully saturated rings. The number of hydrogen-bond acceptors (Lipinski definition) is 5. The Morgan fingerprint density at radius 3 is 2.20 bits per heavy atom. The van der Waals surface area contributed by atoms with E-state index in [9.17, 15) is 39.6 Å². The first-order valence-electron chi connectivity index (χ1n) is 9.93. The van der Waals surface area contributed by atoms with Crippen LogP contribution in [0.3, 0.4) is 0 Å². The zero-order chi connectivity index (χ0) is 26.8. The van der Waals surface area contributed by atoms with Gasteiger partial charge in [0.15, 0.2) is 0 Å². The number of alkyl halides is 6. The molecule has 35 heavy (non-hydrogen) atoms. The van der Waals surface area contributed by atoms with Crippen molar-refractivity contribution in [3.05, 3.63) is 64.2 Å². The molecule has 0 aliphatic heterocycles. The van der Waals surface area contributed by atoms with Crippen molar-refractivity contribution in [2.24, 2.45) is 0 Å². The summed E-state index contributed by atoms with van der Waals surface area (Å²) in [5.74, 6) is -1.63. The molecule has 2 aromatic rings. The maximum absolute atomic E-state index is 13.2. The van der Waals surface area contributed by atoms with E-state index in [-0.39, 0.29) is 5.56 Å². The number of rotatable bonds is 8. The highest BCUT2D eigenvalue weighted by atomic mass is 35.5. The van der Waals surface area contributed by atoms with Crippen molar-refractivity contribution < 1.29 is 43.7 Å². The average molecular weight is 547 g/mol. The summed E-state index contributed by atoms with van der Waals surface area (Å²) in [6, 6.07) is 5.91. The summed E-state index contributed by atoms with van der Waals surface area (Å²) in [5.41, 5.74) is -7.19. The summed E-state index contributed by atoms with van der Waals surface area (Å²) in [4.78, 5) is 14.6. The van der Waals surface area contributed by atoms with Crippen molar-refractivity contribution >= 4 is 27.6 Å². The van der Waals surface area contributed by atoms with Crippen LogP contribution in [0, 0.1) is 0 Å². The molecule has 14 heteroatoms. The second kappa shape index (κ2) is 10.6. The number of amides is 1. The van der Waals surface area contributed by atoms with E-state index in [1.807, 2.05) is 0 Å². The average Bonchev–Trinajstić information content (AvgIpc) is 2.71. The van der Waals surface area contributed by atoms with Crippen molar-refractivity contribution in [1.82, 2.24) is 10.2 Å². The zero-order valence-corrected chi connectivity index (χ0v) is 20.1. The van der Waals surface area contributed by atoms with Crippen LogP contribution in [0.1, 0.15) is 40.9 Å². The number of benzene rings is 2. The van der Waals surface area contributed by atoms with Gasteiger partial charge in [0, 0.05) is 6.04 Å². The van der Waals surface area contributed by atoms with Crippen molar-refractivity contribution in [3.8, 4) is 5.75 Å². The van der Waals surface area contributed by atoms with Crippen LogP contribution in [0.25, 0.3) is 0 Å². The minimum atomic E-state index is -5.95. The van der Waals surface area contributed by atoms with Gasteiger partial charge in [-0.1, -0.05) is 36.7 Å². The standard InChI is InChI=1S/C21H21ClF6N2O4S/c1-4-16(30(2)3)18(12-7-5-8-13(11-12)34-35(32,33)21(26,27)28)29-19(31)14-9-6-10-15(17(14)22)20(23,24)25/h5-11,16,18H,4H2,1-3H3,(H,29,31)/t16-,18-/m0/s1. The molecular formula is C21H21ClF6N2O4S. The maximum atomic E-state index is 13.2. The number of hydrogen-bond donors (Lipinski definition) is 1. The number of nitrogens with one attached hydrogen (secondary N) is 1. The van der Waals surface area contributed by atoms with E-state index >= 15 is 0 Å². The molecule has 0 unspecified atom stereocenters. The van der Waals surface area contributed by atoms with Gasteiger partial charge in [-0.3, -0.25) is 4.79 Å². The molecule has 2 aromatic carbocycles. The van der Waals surface area contributed by atoms with Crippen LogP contribution in [-0.2, 0) is 16.3 Å². The molecule has 1 amide bonds. The summed E-state index contributed by atoms with van der Waals surface area (Å²) in [5, 5.41) is 1.74. The van der Waals surface area contributed by atoms with Crippen LogP contribution in [0.4, 0.5) is 26.3 Å². The molecule has 0 saturated heterocycles. The van der Waals surface area contributed by atoms with Gasteiger partial charge in [-0.25, -0.2) is 0 Å². The molecule has 0 heterocycles. The largest absolute Gasteiger partial charge is 0.534 e. The summed E-state index contributed by atoms with van der Waals surface area (Å²) in [6.45, 7) is 1.75. The van der Waals surface area contributed by atoms with Crippen LogP contribution >= 0.6 is 11.6 Å². The molecule has 2 rings (SSSR count). The topological polar surface area (TPSA) is 75.7 Å². The summed E-state index contributed by atoms with van der Waals surface area (Å²) < 4.78 is 105. The Balaban J connectivity index is 2.50. The zero-order valence-electron chi connectivity index (χ0n) is 18.5. The first-order chi connectivity index (χ1) is 16.0. The highest BCUT2D eigenvalue weighted by Crippen LogP contribution is 2.37. The van der Waals surface area contributed by atoms with Crippen molar-refractivity contribution in [2.45, 2.75) is 37.1 Å². The van der Waals surface area contributed by atoms with Gasteiger partial charge in [0.2, 0.25) is 0 Å². The Labute approximate surface area is 202 Å². The molecular weight excluding hydrogens is 526 g/mol. The van der Waals surface area contributed by atoms with Gasteiger partial charge in [-0.2, -0.15) is 34.8 Å². The summed E-state index contributed by atoms with van der Waals surface area (Å²) in [7, 11) is -2.64. The molecule has 194 valence electrons. The van der Waals surface area contributed by atoms with Crippen molar-refractivity contribution in [3.63, 3.8) is 0 Å². The molecule has 6 nitrogen and oxygen atoms in total. The monoisotopic (exact) mass is 546 g/mol. The third kappa shape index (κ3) is 6.79. The Morgan fingerprint density at radius 2 is 1.69 bits per heavy atom. The van der Waals surface area contributed by atoms with Crippen LogP contribution in [0.2, 0.25) is 5.02 Å². The van der Waals surface area contributed by atoms with Crippen molar-refractivity contribution in [1.29, 1.82) is 0 Å². The van der Waals surface area contributed by atoms with Gasteiger partial charge in [0.25, 0.3) is 5.91 Å². The summed E-state index contributed by atoms with van der Waals surface area (Å²) >= 11 is 5.85. The van der Waals surface area contributed by atoms with Gasteiger partial charge in [0.1, 0.15) is 5.75 Å². The molecule has 0 radical (unpaired) electrons. The van der Waals surface area contributed by atoms with Gasteiger partial charge < -0.3 is 14.4 Å². The first-order valence-corrected chi connectivity index (χ1v) is 11.7. The van der Waals surface area contributed by atoms with E-state index in [4.69, 9.17) is 11.6 Å². The summed E-state index contributed by atoms with van der Waals surface area (Å²) in [6.07, 6.45) is -4.42. The minimum absolute atomic E-state index is 0.150. The number of nitrogens with zero attached hydrogens (tertiary/aromatic N) is 1. The lowest BCUT2D eigenvalue weighted by atomic mass is 9.95. The highest BCUT2D eigenvalue weighted by molar-refractivity contribution is 7.88.